The zero-order chi connectivity index (χ0) is 13.6. The largest absolute Gasteiger partial charge is 0.340 e. The van der Waals surface area contributed by atoms with Crippen LogP contribution in [0.2, 0.25) is 0 Å². The van der Waals surface area contributed by atoms with Gasteiger partial charge in [0.15, 0.2) is 5.82 Å². The van der Waals surface area contributed by atoms with E-state index in [9.17, 15) is 8.42 Å². The van der Waals surface area contributed by atoms with Gasteiger partial charge in [-0.3, -0.25) is 0 Å². The predicted molar refractivity (Wildman–Crippen MR) is 66.0 cm³/mol. The summed E-state index contributed by atoms with van der Waals surface area (Å²) in [6, 6.07) is 0. The topological polar surface area (TPSA) is 114 Å². The van der Waals surface area contributed by atoms with Gasteiger partial charge in [-0.25, -0.2) is 4.72 Å². The molecule has 8 nitrogen and oxygen atoms in total. The first kappa shape index (κ1) is 15.0. The SMILES string of the molecule is Cc1nc(CCNS(=O)(=O)N(C)CCCN)no1. The van der Waals surface area contributed by atoms with E-state index in [0.717, 1.165) is 0 Å². The van der Waals surface area contributed by atoms with Gasteiger partial charge in [0.2, 0.25) is 5.89 Å². The van der Waals surface area contributed by atoms with Crippen molar-refractivity contribution in [3.8, 4) is 0 Å². The number of aromatic nitrogens is 2. The molecule has 1 aromatic rings. The Labute approximate surface area is 107 Å². The summed E-state index contributed by atoms with van der Waals surface area (Å²) < 4.78 is 32.0. The van der Waals surface area contributed by atoms with Crippen molar-refractivity contribution in [2.45, 2.75) is 19.8 Å². The monoisotopic (exact) mass is 277 g/mol. The lowest BCUT2D eigenvalue weighted by Gasteiger charge is -2.16. The van der Waals surface area contributed by atoms with E-state index in [1.165, 1.54) is 11.4 Å². The van der Waals surface area contributed by atoms with Gasteiger partial charge in [-0.05, 0) is 13.0 Å². The summed E-state index contributed by atoms with van der Waals surface area (Å²) in [6.45, 7) is 2.77. The molecule has 9 heteroatoms. The molecular formula is C9H19N5O3S. The second-order valence-electron chi connectivity index (χ2n) is 3.84. The second-order valence-corrected chi connectivity index (χ2v) is 5.70. The molecule has 0 radical (unpaired) electrons. The fourth-order valence-corrected chi connectivity index (χ4v) is 2.23. The Kier molecular flexibility index (Phi) is 5.66. The molecular weight excluding hydrogens is 258 g/mol. The lowest BCUT2D eigenvalue weighted by Crippen LogP contribution is -2.40. The fraction of sp³-hybridized carbons (Fsp3) is 0.778. The molecule has 0 spiro atoms. The molecule has 1 rings (SSSR count). The Balaban J connectivity index is 2.37. The van der Waals surface area contributed by atoms with Crippen LogP contribution in [0.25, 0.3) is 0 Å². The second kappa shape index (κ2) is 6.78. The Morgan fingerprint density at radius 1 is 1.50 bits per heavy atom. The van der Waals surface area contributed by atoms with Crippen LogP contribution in [-0.4, -0.2) is 49.5 Å². The van der Waals surface area contributed by atoms with Crippen molar-refractivity contribution in [3.05, 3.63) is 11.7 Å². The lowest BCUT2D eigenvalue weighted by atomic mass is 10.4. The van der Waals surface area contributed by atoms with Crippen LogP contribution in [0.3, 0.4) is 0 Å². The third-order valence-electron chi connectivity index (χ3n) is 2.29. The maximum atomic E-state index is 11.7. The van der Waals surface area contributed by atoms with E-state index in [1.54, 1.807) is 6.92 Å². The van der Waals surface area contributed by atoms with Crippen molar-refractivity contribution in [2.24, 2.45) is 5.73 Å². The molecule has 3 N–H and O–H groups in total. The minimum absolute atomic E-state index is 0.230. The average molecular weight is 277 g/mol. The van der Waals surface area contributed by atoms with Crippen molar-refractivity contribution in [2.75, 3.05) is 26.7 Å². The summed E-state index contributed by atoms with van der Waals surface area (Å²) in [5, 5.41) is 3.68. The van der Waals surface area contributed by atoms with E-state index in [0.29, 0.717) is 37.6 Å². The molecule has 0 aliphatic carbocycles. The van der Waals surface area contributed by atoms with E-state index >= 15 is 0 Å². The smallest absolute Gasteiger partial charge is 0.279 e. The van der Waals surface area contributed by atoms with Crippen LogP contribution in [-0.2, 0) is 16.6 Å². The minimum atomic E-state index is -3.45. The van der Waals surface area contributed by atoms with Crippen LogP contribution in [0.15, 0.2) is 4.52 Å². The van der Waals surface area contributed by atoms with Gasteiger partial charge >= 0.3 is 0 Å². The number of nitrogens with two attached hydrogens (primary N) is 1. The molecule has 0 aromatic carbocycles. The summed E-state index contributed by atoms with van der Waals surface area (Å²) in [5.74, 6) is 0.952. The molecule has 0 saturated carbocycles. The molecule has 18 heavy (non-hydrogen) atoms. The highest BCUT2D eigenvalue weighted by atomic mass is 32.2. The van der Waals surface area contributed by atoms with Gasteiger partial charge in [-0.2, -0.15) is 17.7 Å². The molecule has 0 fully saturated rings. The third-order valence-corrected chi connectivity index (χ3v) is 3.86. The molecule has 104 valence electrons. The maximum absolute atomic E-state index is 11.7. The number of nitrogens with one attached hydrogen (secondary N) is 1. The third kappa shape index (κ3) is 4.69. The van der Waals surface area contributed by atoms with Crippen molar-refractivity contribution in [1.29, 1.82) is 0 Å². The summed E-state index contributed by atoms with van der Waals surface area (Å²) >= 11 is 0. The van der Waals surface area contributed by atoms with E-state index < -0.39 is 10.2 Å². The number of aryl methyl sites for hydroxylation is 1. The van der Waals surface area contributed by atoms with Gasteiger partial charge in [-0.15, -0.1) is 0 Å². The summed E-state index contributed by atoms with van der Waals surface area (Å²) in [6.07, 6.45) is 1.02. The highest BCUT2D eigenvalue weighted by molar-refractivity contribution is 7.87. The first-order chi connectivity index (χ1) is 8.45. The fourth-order valence-electron chi connectivity index (χ4n) is 1.28. The quantitative estimate of drug-likeness (QED) is 0.632. The van der Waals surface area contributed by atoms with Gasteiger partial charge in [0.1, 0.15) is 0 Å². The van der Waals surface area contributed by atoms with E-state index in [2.05, 4.69) is 14.9 Å². The van der Waals surface area contributed by atoms with E-state index in [-0.39, 0.29) is 6.54 Å². The van der Waals surface area contributed by atoms with Crippen molar-refractivity contribution >= 4 is 10.2 Å². The normalized spacial score (nSPS) is 12.2. The first-order valence-electron chi connectivity index (χ1n) is 5.66. The van der Waals surface area contributed by atoms with E-state index in [4.69, 9.17) is 10.3 Å². The molecule has 0 saturated heterocycles. The molecule has 0 amide bonds. The zero-order valence-electron chi connectivity index (χ0n) is 10.6. The van der Waals surface area contributed by atoms with Crippen LogP contribution < -0.4 is 10.5 Å². The molecule has 0 aliphatic rings. The Morgan fingerprint density at radius 2 is 2.22 bits per heavy atom. The Hall–Kier alpha value is -1.03. The summed E-state index contributed by atoms with van der Waals surface area (Å²) in [4.78, 5) is 3.98. The molecule has 0 unspecified atom stereocenters. The van der Waals surface area contributed by atoms with Crippen LogP contribution in [0.4, 0.5) is 0 Å². The lowest BCUT2D eigenvalue weighted by molar-refractivity contribution is 0.387. The minimum Gasteiger partial charge on any atom is -0.340 e. The molecule has 1 aromatic heterocycles. The maximum Gasteiger partial charge on any atom is 0.279 e. The van der Waals surface area contributed by atoms with Crippen molar-refractivity contribution in [3.63, 3.8) is 0 Å². The number of hydrogen-bond acceptors (Lipinski definition) is 6. The van der Waals surface area contributed by atoms with Crippen molar-refractivity contribution < 1.29 is 12.9 Å². The summed E-state index contributed by atoms with van der Waals surface area (Å²) in [7, 11) is -1.94. The highest BCUT2D eigenvalue weighted by Gasteiger charge is 2.16. The summed E-state index contributed by atoms with van der Waals surface area (Å²) in [5.41, 5.74) is 5.33. The average Bonchev–Trinajstić information content (AvgIpc) is 2.71. The van der Waals surface area contributed by atoms with E-state index in [1.807, 2.05) is 0 Å². The van der Waals surface area contributed by atoms with Gasteiger partial charge < -0.3 is 10.3 Å². The van der Waals surface area contributed by atoms with Crippen LogP contribution >= 0.6 is 0 Å². The van der Waals surface area contributed by atoms with Crippen molar-refractivity contribution in [1.82, 2.24) is 19.2 Å². The standard InChI is InChI=1S/C9H19N5O3S/c1-8-12-9(13-17-8)4-6-11-18(15,16)14(2)7-3-5-10/h11H,3-7,10H2,1-2H3. The molecule has 0 bridgehead atoms. The highest BCUT2D eigenvalue weighted by Crippen LogP contribution is 1.98. The van der Waals surface area contributed by atoms with Gasteiger partial charge in [0.05, 0.1) is 0 Å². The van der Waals surface area contributed by atoms with Crippen LogP contribution in [0.1, 0.15) is 18.1 Å². The zero-order valence-corrected chi connectivity index (χ0v) is 11.4. The predicted octanol–water partition coefficient (Wildman–Crippen LogP) is -0.964. The number of hydrogen-bond donors (Lipinski definition) is 2. The molecule has 0 atom stereocenters. The number of rotatable bonds is 8. The van der Waals surface area contributed by atoms with Gasteiger partial charge in [0, 0.05) is 33.5 Å². The Morgan fingerprint density at radius 3 is 2.78 bits per heavy atom. The van der Waals surface area contributed by atoms with Gasteiger partial charge in [-0.1, -0.05) is 5.16 Å². The molecule has 0 aliphatic heterocycles. The van der Waals surface area contributed by atoms with Crippen LogP contribution in [0.5, 0.6) is 0 Å². The Bertz CT molecular complexity index is 459. The molecule has 1 heterocycles. The number of nitrogens with zero attached hydrogens (tertiary/aromatic N) is 3. The van der Waals surface area contributed by atoms with Crippen LogP contribution in [0, 0.1) is 6.92 Å². The first-order valence-corrected chi connectivity index (χ1v) is 7.10. The van der Waals surface area contributed by atoms with Gasteiger partial charge in [0.25, 0.3) is 10.2 Å².